The van der Waals surface area contributed by atoms with E-state index >= 15 is 0 Å². The van der Waals surface area contributed by atoms with Gasteiger partial charge in [0.15, 0.2) is 0 Å². The van der Waals surface area contributed by atoms with Gasteiger partial charge in [0.2, 0.25) is 5.95 Å². The molecule has 0 spiro atoms. The van der Waals surface area contributed by atoms with Crippen LogP contribution in [0.3, 0.4) is 0 Å². The smallest absolute Gasteiger partial charge is 0.228 e. The molecule has 0 amide bonds. The lowest BCUT2D eigenvalue weighted by Gasteiger charge is -2.27. The Hall–Kier alpha value is -3.39. The maximum Gasteiger partial charge on any atom is 0.228 e. The molecular formula is C22H23N5. The second kappa shape index (κ2) is 8.33. The van der Waals surface area contributed by atoms with Gasteiger partial charge in [-0.05, 0) is 50.6 Å². The molecule has 0 unspecified atom stereocenters. The highest BCUT2D eigenvalue weighted by molar-refractivity contribution is 5.59. The Balaban J connectivity index is 1.86. The molecule has 3 rings (SSSR count). The van der Waals surface area contributed by atoms with E-state index in [4.69, 9.17) is 10.2 Å². The quantitative estimate of drug-likeness (QED) is 0.685. The third kappa shape index (κ3) is 4.83. The molecule has 1 heterocycles. The second-order valence-electron chi connectivity index (χ2n) is 6.72. The third-order valence-electron chi connectivity index (χ3n) is 4.20. The van der Waals surface area contributed by atoms with Crippen LogP contribution in [-0.2, 0) is 6.54 Å². The summed E-state index contributed by atoms with van der Waals surface area (Å²) in [5, 5.41) is 12.2. The molecule has 0 atom stereocenters. The van der Waals surface area contributed by atoms with Gasteiger partial charge in [0.25, 0.3) is 0 Å². The van der Waals surface area contributed by atoms with E-state index in [-0.39, 0.29) is 6.04 Å². The van der Waals surface area contributed by atoms with Crippen LogP contribution < -0.4 is 10.2 Å². The van der Waals surface area contributed by atoms with Crippen LogP contribution >= 0.6 is 0 Å². The Bertz CT molecular complexity index is 927. The fourth-order valence-electron chi connectivity index (χ4n) is 2.79. The van der Waals surface area contributed by atoms with E-state index in [1.807, 2.05) is 43.3 Å². The van der Waals surface area contributed by atoms with Gasteiger partial charge >= 0.3 is 0 Å². The van der Waals surface area contributed by atoms with Gasteiger partial charge < -0.3 is 10.2 Å². The number of hydrogen-bond donors (Lipinski definition) is 1. The Morgan fingerprint density at radius 1 is 1.04 bits per heavy atom. The number of nitrogens with one attached hydrogen (secondary N) is 1. The van der Waals surface area contributed by atoms with Crippen molar-refractivity contribution in [1.82, 2.24) is 9.97 Å². The van der Waals surface area contributed by atoms with E-state index in [0.29, 0.717) is 11.5 Å². The van der Waals surface area contributed by atoms with Crippen molar-refractivity contribution in [2.75, 3.05) is 10.2 Å². The van der Waals surface area contributed by atoms with Crippen LogP contribution in [0, 0.1) is 18.3 Å². The van der Waals surface area contributed by atoms with E-state index in [0.717, 1.165) is 23.7 Å². The van der Waals surface area contributed by atoms with E-state index in [1.165, 1.54) is 5.56 Å². The SMILES string of the molecule is Cc1cc(Nc2ccc(C#N)cc2)nc(N(Cc2ccccc2)C(C)C)n1. The van der Waals surface area contributed by atoms with Crippen LogP contribution in [0.2, 0.25) is 0 Å². The summed E-state index contributed by atoms with van der Waals surface area (Å²) < 4.78 is 0. The summed E-state index contributed by atoms with van der Waals surface area (Å²) in [5.41, 5.74) is 3.64. The first-order valence-corrected chi connectivity index (χ1v) is 8.98. The van der Waals surface area contributed by atoms with Crippen LogP contribution in [0.25, 0.3) is 0 Å². The Morgan fingerprint density at radius 3 is 2.37 bits per heavy atom. The van der Waals surface area contributed by atoms with Crippen LogP contribution in [0.4, 0.5) is 17.5 Å². The lowest BCUT2D eigenvalue weighted by molar-refractivity contribution is 0.659. The zero-order chi connectivity index (χ0) is 19.2. The van der Waals surface area contributed by atoms with Crippen molar-refractivity contribution < 1.29 is 0 Å². The Morgan fingerprint density at radius 2 is 1.74 bits per heavy atom. The van der Waals surface area contributed by atoms with E-state index in [2.05, 4.69) is 47.3 Å². The maximum atomic E-state index is 8.93. The number of rotatable bonds is 6. The van der Waals surface area contributed by atoms with Crippen LogP contribution in [-0.4, -0.2) is 16.0 Å². The summed E-state index contributed by atoms with van der Waals surface area (Å²) in [7, 11) is 0. The normalized spacial score (nSPS) is 10.5. The van der Waals surface area contributed by atoms with Crippen LogP contribution in [0.15, 0.2) is 60.7 Å². The first kappa shape index (κ1) is 18.4. The van der Waals surface area contributed by atoms with Crippen molar-refractivity contribution >= 4 is 17.5 Å². The van der Waals surface area contributed by atoms with Gasteiger partial charge in [-0.1, -0.05) is 30.3 Å². The number of aryl methyl sites for hydroxylation is 1. The van der Waals surface area contributed by atoms with Gasteiger partial charge in [-0.3, -0.25) is 0 Å². The fraction of sp³-hybridized carbons (Fsp3) is 0.227. The highest BCUT2D eigenvalue weighted by atomic mass is 15.3. The van der Waals surface area contributed by atoms with Crippen molar-refractivity contribution in [1.29, 1.82) is 5.26 Å². The summed E-state index contributed by atoms with van der Waals surface area (Å²) in [6, 6.07) is 22.0. The highest BCUT2D eigenvalue weighted by Crippen LogP contribution is 2.21. The molecule has 0 saturated heterocycles. The molecule has 1 N–H and O–H groups in total. The predicted molar refractivity (Wildman–Crippen MR) is 109 cm³/mol. The van der Waals surface area contributed by atoms with Gasteiger partial charge in [-0.25, -0.2) is 4.98 Å². The number of hydrogen-bond acceptors (Lipinski definition) is 5. The van der Waals surface area contributed by atoms with Crippen molar-refractivity contribution in [3.8, 4) is 6.07 Å². The number of aromatic nitrogens is 2. The van der Waals surface area contributed by atoms with Gasteiger partial charge in [0.1, 0.15) is 5.82 Å². The molecule has 0 aliphatic carbocycles. The first-order chi connectivity index (χ1) is 13.0. The molecule has 1 aromatic heterocycles. The summed E-state index contributed by atoms with van der Waals surface area (Å²) in [5.74, 6) is 1.44. The summed E-state index contributed by atoms with van der Waals surface area (Å²) in [6.45, 7) is 7.00. The van der Waals surface area contributed by atoms with Crippen molar-refractivity contribution in [3.63, 3.8) is 0 Å². The molecule has 0 fully saturated rings. The minimum atomic E-state index is 0.259. The average Bonchev–Trinajstić information content (AvgIpc) is 2.67. The lowest BCUT2D eigenvalue weighted by Crippen LogP contribution is -2.32. The van der Waals surface area contributed by atoms with Gasteiger partial charge in [0, 0.05) is 30.0 Å². The van der Waals surface area contributed by atoms with Crippen molar-refractivity contribution in [2.24, 2.45) is 0 Å². The molecule has 0 saturated carbocycles. The lowest BCUT2D eigenvalue weighted by atomic mass is 10.2. The van der Waals surface area contributed by atoms with Gasteiger partial charge in [0.05, 0.1) is 11.6 Å². The standard InChI is InChI=1S/C22H23N5/c1-16(2)27(15-19-7-5-4-6-8-19)22-24-17(3)13-21(26-22)25-20-11-9-18(14-23)10-12-20/h4-13,16H,15H2,1-3H3,(H,24,25,26). The monoisotopic (exact) mass is 357 g/mol. The Kier molecular flexibility index (Phi) is 5.68. The van der Waals surface area contributed by atoms with E-state index in [1.54, 1.807) is 12.1 Å². The molecular weight excluding hydrogens is 334 g/mol. The molecule has 0 aliphatic heterocycles. The molecule has 0 radical (unpaired) electrons. The average molecular weight is 357 g/mol. The third-order valence-corrected chi connectivity index (χ3v) is 4.20. The minimum Gasteiger partial charge on any atom is -0.340 e. The van der Waals surface area contributed by atoms with Crippen LogP contribution in [0.5, 0.6) is 0 Å². The summed E-state index contributed by atoms with van der Waals surface area (Å²) in [4.78, 5) is 11.6. The molecule has 5 heteroatoms. The molecule has 3 aromatic rings. The zero-order valence-electron chi connectivity index (χ0n) is 15.8. The van der Waals surface area contributed by atoms with Gasteiger partial charge in [-0.15, -0.1) is 0 Å². The fourth-order valence-corrected chi connectivity index (χ4v) is 2.79. The minimum absolute atomic E-state index is 0.259. The summed E-state index contributed by atoms with van der Waals surface area (Å²) in [6.07, 6.45) is 0. The zero-order valence-corrected chi connectivity index (χ0v) is 15.8. The number of nitriles is 1. The molecule has 136 valence electrons. The first-order valence-electron chi connectivity index (χ1n) is 8.98. The molecule has 0 bridgehead atoms. The largest absolute Gasteiger partial charge is 0.340 e. The summed E-state index contributed by atoms with van der Waals surface area (Å²) >= 11 is 0. The topological polar surface area (TPSA) is 64.8 Å². The number of nitrogens with zero attached hydrogens (tertiary/aromatic N) is 4. The Labute approximate surface area is 160 Å². The van der Waals surface area contributed by atoms with Gasteiger partial charge in [-0.2, -0.15) is 10.2 Å². The van der Waals surface area contributed by atoms with E-state index in [9.17, 15) is 0 Å². The second-order valence-corrected chi connectivity index (χ2v) is 6.72. The van der Waals surface area contributed by atoms with E-state index < -0.39 is 0 Å². The molecule has 5 nitrogen and oxygen atoms in total. The highest BCUT2D eigenvalue weighted by Gasteiger charge is 2.15. The molecule has 27 heavy (non-hydrogen) atoms. The predicted octanol–water partition coefficient (Wildman–Crippen LogP) is 4.82. The molecule has 2 aromatic carbocycles. The van der Waals surface area contributed by atoms with Crippen LogP contribution in [0.1, 0.15) is 30.7 Å². The van der Waals surface area contributed by atoms with Crippen molar-refractivity contribution in [2.45, 2.75) is 33.4 Å². The molecule has 0 aliphatic rings. The maximum absolute atomic E-state index is 8.93. The van der Waals surface area contributed by atoms with Crippen molar-refractivity contribution in [3.05, 3.63) is 77.5 Å². The number of benzene rings is 2. The number of anilines is 3.